The molecule has 0 radical (unpaired) electrons. The zero-order valence-corrected chi connectivity index (χ0v) is 28.6. The lowest BCUT2D eigenvalue weighted by Crippen LogP contribution is -2.45. The summed E-state index contributed by atoms with van der Waals surface area (Å²) in [6.07, 6.45) is 4.74. The zero-order chi connectivity index (χ0) is 33.4. The molecular formula is C35H49F3O7Si. The third kappa shape index (κ3) is 12.1. The van der Waals surface area contributed by atoms with Crippen molar-refractivity contribution in [3.8, 4) is 22.6 Å². The Balaban J connectivity index is 1.54. The maximum atomic E-state index is 13.3. The number of ether oxygens (including phenoxy) is 2. The molecule has 0 spiro atoms. The van der Waals surface area contributed by atoms with Gasteiger partial charge in [0.2, 0.25) is 0 Å². The van der Waals surface area contributed by atoms with E-state index in [-0.39, 0.29) is 11.1 Å². The summed E-state index contributed by atoms with van der Waals surface area (Å²) >= 11 is 0. The SMILES string of the molecule is CCCCCc1ccc(-c2cc3ccc(OCCCCCCCC[Si](OCC)(OCC)OCC)cc3oc2=O)c(OC(F)(F)F)c1. The number of rotatable bonds is 22. The molecule has 256 valence electrons. The van der Waals surface area contributed by atoms with Crippen LogP contribution >= 0.6 is 0 Å². The molecule has 3 rings (SSSR count). The number of hydrogen-bond acceptors (Lipinski definition) is 7. The Morgan fingerprint density at radius 1 is 0.739 bits per heavy atom. The molecule has 0 N–H and O–H groups in total. The van der Waals surface area contributed by atoms with Gasteiger partial charge >= 0.3 is 20.8 Å². The van der Waals surface area contributed by atoms with Gasteiger partial charge in [0.15, 0.2) is 0 Å². The molecule has 0 aliphatic carbocycles. The van der Waals surface area contributed by atoms with E-state index in [0.717, 1.165) is 63.8 Å². The Kier molecular flexibility index (Phi) is 15.6. The molecule has 3 aromatic rings. The van der Waals surface area contributed by atoms with E-state index in [1.165, 1.54) is 18.2 Å². The standard InChI is InChI=1S/C35H49F3O7Si/c1-5-9-14-17-27-18-21-30(33(24-27)45-35(36,37)38)31-25-28-19-20-29(26-32(28)44-34(31)39)40-22-15-12-10-11-13-16-23-46(41-6-2,42-7-3)43-8-4/h18-21,24-26H,5-17,22-23H2,1-4H3. The maximum absolute atomic E-state index is 13.3. The summed E-state index contributed by atoms with van der Waals surface area (Å²) in [6.45, 7) is 10.3. The predicted molar refractivity (Wildman–Crippen MR) is 176 cm³/mol. The number of benzene rings is 2. The van der Waals surface area contributed by atoms with Crippen LogP contribution in [0.2, 0.25) is 6.04 Å². The van der Waals surface area contributed by atoms with E-state index in [9.17, 15) is 18.0 Å². The van der Waals surface area contributed by atoms with Gasteiger partial charge in [0.1, 0.15) is 17.1 Å². The van der Waals surface area contributed by atoms with E-state index < -0.39 is 26.5 Å². The first-order chi connectivity index (χ1) is 22.1. The molecule has 0 atom stereocenters. The molecule has 0 aliphatic heterocycles. The van der Waals surface area contributed by atoms with Gasteiger partial charge in [-0.15, -0.1) is 13.2 Å². The molecule has 46 heavy (non-hydrogen) atoms. The third-order valence-corrected chi connectivity index (χ3v) is 10.7. The van der Waals surface area contributed by atoms with Crippen molar-refractivity contribution in [2.24, 2.45) is 0 Å². The lowest BCUT2D eigenvalue weighted by molar-refractivity contribution is -0.274. The van der Waals surface area contributed by atoms with Gasteiger partial charge in [0, 0.05) is 42.9 Å². The molecule has 0 saturated carbocycles. The second-order valence-electron chi connectivity index (χ2n) is 11.2. The highest BCUT2D eigenvalue weighted by Gasteiger charge is 2.39. The van der Waals surface area contributed by atoms with Crippen LogP contribution in [-0.4, -0.2) is 41.6 Å². The lowest BCUT2D eigenvalue weighted by Gasteiger charge is -2.28. The Morgan fingerprint density at radius 3 is 2.07 bits per heavy atom. The second kappa shape index (κ2) is 19.1. The molecule has 0 saturated heterocycles. The van der Waals surface area contributed by atoms with Gasteiger partial charge < -0.3 is 27.2 Å². The average Bonchev–Trinajstić information content (AvgIpc) is 3.00. The monoisotopic (exact) mass is 666 g/mol. The molecular weight excluding hydrogens is 617 g/mol. The molecule has 0 unspecified atom stereocenters. The number of aryl methyl sites for hydroxylation is 1. The Labute approximate surface area is 271 Å². The van der Waals surface area contributed by atoms with E-state index in [1.807, 2.05) is 20.8 Å². The normalized spacial score (nSPS) is 12.2. The highest BCUT2D eigenvalue weighted by molar-refractivity contribution is 6.60. The van der Waals surface area contributed by atoms with Crippen LogP contribution < -0.4 is 15.1 Å². The van der Waals surface area contributed by atoms with E-state index in [4.69, 9.17) is 22.4 Å². The summed E-state index contributed by atoms with van der Waals surface area (Å²) in [5.74, 6) is 0.148. The van der Waals surface area contributed by atoms with E-state index in [0.29, 0.717) is 55.1 Å². The van der Waals surface area contributed by atoms with Gasteiger partial charge in [-0.1, -0.05) is 57.6 Å². The number of hydrogen-bond donors (Lipinski definition) is 0. The fourth-order valence-corrected chi connectivity index (χ4v) is 8.13. The minimum atomic E-state index is -4.90. The summed E-state index contributed by atoms with van der Waals surface area (Å²) in [5, 5.41) is 0.567. The van der Waals surface area contributed by atoms with Crippen LogP contribution in [0.5, 0.6) is 11.5 Å². The molecule has 0 bridgehead atoms. The van der Waals surface area contributed by atoms with Gasteiger partial charge in [-0.3, -0.25) is 0 Å². The predicted octanol–water partition coefficient (Wildman–Crippen LogP) is 9.86. The molecule has 1 heterocycles. The molecule has 0 aliphatic rings. The van der Waals surface area contributed by atoms with Crippen molar-refractivity contribution in [2.75, 3.05) is 26.4 Å². The molecule has 11 heteroatoms. The zero-order valence-electron chi connectivity index (χ0n) is 27.6. The minimum Gasteiger partial charge on any atom is -0.493 e. The van der Waals surface area contributed by atoms with Crippen LogP contribution in [0.25, 0.3) is 22.1 Å². The number of halogens is 3. The van der Waals surface area contributed by atoms with Crippen molar-refractivity contribution in [1.29, 1.82) is 0 Å². The van der Waals surface area contributed by atoms with Crippen LogP contribution in [0.15, 0.2) is 51.7 Å². The van der Waals surface area contributed by atoms with Gasteiger partial charge in [-0.2, -0.15) is 0 Å². The molecule has 0 amide bonds. The summed E-state index contributed by atoms with van der Waals surface area (Å²) in [7, 11) is -2.57. The molecule has 7 nitrogen and oxygen atoms in total. The summed E-state index contributed by atoms with van der Waals surface area (Å²) < 4.78 is 73.3. The largest absolute Gasteiger partial charge is 0.573 e. The van der Waals surface area contributed by atoms with Gasteiger partial charge in [-0.25, -0.2) is 4.79 Å². The molecule has 1 aromatic heterocycles. The van der Waals surface area contributed by atoms with E-state index >= 15 is 0 Å². The second-order valence-corrected chi connectivity index (χ2v) is 13.9. The van der Waals surface area contributed by atoms with E-state index in [2.05, 4.69) is 11.7 Å². The first-order valence-corrected chi connectivity index (χ1v) is 18.6. The lowest BCUT2D eigenvalue weighted by atomic mass is 10.00. The summed E-state index contributed by atoms with van der Waals surface area (Å²) in [4.78, 5) is 13.0. The number of fused-ring (bicyclic) bond motifs is 1. The van der Waals surface area contributed by atoms with E-state index in [1.54, 1.807) is 24.3 Å². The number of unbranched alkanes of at least 4 members (excludes halogenated alkanes) is 7. The van der Waals surface area contributed by atoms with Crippen LogP contribution in [-0.2, 0) is 19.7 Å². The van der Waals surface area contributed by atoms with Crippen molar-refractivity contribution in [1.82, 2.24) is 0 Å². The highest BCUT2D eigenvalue weighted by Crippen LogP contribution is 2.35. The summed E-state index contributed by atoms with van der Waals surface area (Å²) in [6, 6.07) is 12.1. The topological polar surface area (TPSA) is 76.4 Å². The Bertz CT molecular complexity index is 1380. The van der Waals surface area contributed by atoms with Gasteiger partial charge in [0.25, 0.3) is 0 Å². The van der Waals surface area contributed by atoms with Crippen molar-refractivity contribution in [2.45, 2.75) is 104 Å². The third-order valence-electron chi connectivity index (χ3n) is 7.58. The van der Waals surface area contributed by atoms with Crippen LogP contribution in [0, 0.1) is 0 Å². The van der Waals surface area contributed by atoms with Crippen LogP contribution in [0.1, 0.15) is 91.0 Å². The van der Waals surface area contributed by atoms with Gasteiger partial charge in [-0.05, 0) is 76.3 Å². The van der Waals surface area contributed by atoms with Crippen LogP contribution in [0.4, 0.5) is 13.2 Å². The Hall–Kier alpha value is -2.86. The van der Waals surface area contributed by atoms with Gasteiger partial charge in [0.05, 0.1) is 12.2 Å². The van der Waals surface area contributed by atoms with Crippen molar-refractivity contribution in [3.63, 3.8) is 0 Å². The quantitative estimate of drug-likeness (QED) is 0.0600. The minimum absolute atomic E-state index is 0.00206. The maximum Gasteiger partial charge on any atom is 0.573 e. The first kappa shape index (κ1) is 37.6. The van der Waals surface area contributed by atoms with Crippen molar-refractivity contribution in [3.05, 3.63) is 58.4 Å². The highest BCUT2D eigenvalue weighted by atomic mass is 28.4. The smallest absolute Gasteiger partial charge is 0.493 e. The molecule has 2 aromatic carbocycles. The Morgan fingerprint density at radius 2 is 1.41 bits per heavy atom. The number of alkyl halides is 3. The average molecular weight is 667 g/mol. The first-order valence-electron chi connectivity index (χ1n) is 16.6. The summed E-state index contributed by atoms with van der Waals surface area (Å²) in [5.41, 5.74) is 0.299. The van der Waals surface area contributed by atoms with Crippen LogP contribution in [0.3, 0.4) is 0 Å². The fraction of sp³-hybridized carbons (Fsp3) is 0.571. The van der Waals surface area contributed by atoms with Crippen molar-refractivity contribution < 1.29 is 40.3 Å². The molecule has 0 fully saturated rings. The fourth-order valence-electron chi connectivity index (χ4n) is 5.44. The van der Waals surface area contributed by atoms with Crippen molar-refractivity contribution >= 4 is 19.8 Å².